The van der Waals surface area contributed by atoms with Gasteiger partial charge in [0.2, 0.25) is 12.3 Å². The van der Waals surface area contributed by atoms with Crippen LogP contribution < -0.4 is 5.32 Å². The Kier molecular flexibility index (Phi) is 14.2. The minimum absolute atomic E-state index is 0.0916. The molecule has 0 aliphatic heterocycles. The van der Waals surface area contributed by atoms with E-state index in [0.29, 0.717) is 19.0 Å². The first-order chi connectivity index (χ1) is 19.6. The first kappa shape index (κ1) is 33.7. The maximum Gasteiger partial charge on any atom is 0.223 e. The van der Waals surface area contributed by atoms with Gasteiger partial charge in [-0.15, -0.1) is 0 Å². The zero-order valence-corrected chi connectivity index (χ0v) is 26.1. The summed E-state index contributed by atoms with van der Waals surface area (Å²) in [5.41, 5.74) is 6.75. The maximum absolute atomic E-state index is 12.0. The number of aryl methyl sites for hydroxylation is 1. The van der Waals surface area contributed by atoms with Gasteiger partial charge >= 0.3 is 0 Å². The number of amides is 2. The van der Waals surface area contributed by atoms with E-state index in [1.807, 2.05) is 58.2 Å². The van der Waals surface area contributed by atoms with Crippen LogP contribution in [0.4, 0.5) is 0 Å². The number of Topliss-reactive ketones (excluding diaryl/α,β-unsaturated/α-hetero) is 1. The second-order valence-corrected chi connectivity index (χ2v) is 11.2. The number of allylic oxidation sites excluding steroid dienone is 2. The van der Waals surface area contributed by atoms with E-state index in [0.717, 1.165) is 60.9 Å². The highest BCUT2D eigenvalue weighted by molar-refractivity contribution is 5.84. The van der Waals surface area contributed by atoms with E-state index in [-0.39, 0.29) is 23.7 Å². The van der Waals surface area contributed by atoms with E-state index < -0.39 is 0 Å². The van der Waals surface area contributed by atoms with Gasteiger partial charge in [-0.2, -0.15) is 0 Å². The molecule has 2 aromatic rings. The number of benzene rings is 2. The molecule has 0 heterocycles. The Balaban J connectivity index is 0.000000295. The quantitative estimate of drug-likeness (QED) is 0.195. The van der Waals surface area contributed by atoms with Crippen LogP contribution in [0, 0.1) is 18.8 Å². The molecule has 2 aromatic carbocycles. The molecule has 2 unspecified atom stereocenters. The summed E-state index contributed by atoms with van der Waals surface area (Å²) in [6.07, 6.45) is 7.94. The molecule has 2 amide bonds. The number of nitrogens with zero attached hydrogens (tertiary/aromatic N) is 2. The van der Waals surface area contributed by atoms with E-state index in [1.165, 1.54) is 11.1 Å². The van der Waals surface area contributed by atoms with Crippen molar-refractivity contribution in [1.29, 1.82) is 0 Å². The fourth-order valence-electron chi connectivity index (χ4n) is 4.81. The molecule has 0 aromatic heterocycles. The second-order valence-electron chi connectivity index (χ2n) is 11.2. The van der Waals surface area contributed by atoms with Gasteiger partial charge in [-0.25, -0.2) is 0 Å². The summed E-state index contributed by atoms with van der Waals surface area (Å²) in [5, 5.41) is 3.02. The molecule has 1 N–H and O–H groups in total. The Morgan fingerprint density at radius 3 is 2.27 bits per heavy atom. The first-order valence-corrected chi connectivity index (χ1v) is 14.9. The number of nitrogens with one attached hydrogen (secondary N) is 1. The second kappa shape index (κ2) is 17.3. The molecule has 1 fully saturated rings. The largest absolute Gasteiger partial charge is 0.352 e. The summed E-state index contributed by atoms with van der Waals surface area (Å²) in [7, 11) is 0. The van der Waals surface area contributed by atoms with Gasteiger partial charge in [0, 0.05) is 30.9 Å². The number of rotatable bonds is 14. The van der Waals surface area contributed by atoms with Crippen LogP contribution >= 0.6 is 0 Å². The number of ketones is 1. The van der Waals surface area contributed by atoms with E-state index in [9.17, 15) is 14.4 Å². The third-order valence-electron chi connectivity index (χ3n) is 7.75. The van der Waals surface area contributed by atoms with Crippen LogP contribution in [0.15, 0.2) is 59.2 Å². The van der Waals surface area contributed by atoms with E-state index >= 15 is 0 Å². The van der Waals surface area contributed by atoms with Crippen LogP contribution in [0.2, 0.25) is 0 Å². The molecule has 3 rings (SSSR count). The molecule has 0 radical (unpaired) electrons. The van der Waals surface area contributed by atoms with Gasteiger partial charge in [0.15, 0.2) is 5.78 Å². The topological polar surface area (TPSA) is 78.8 Å². The van der Waals surface area contributed by atoms with Crippen LogP contribution in [0.3, 0.4) is 0 Å². The number of carbonyl (C=O) groups is 3. The van der Waals surface area contributed by atoms with Crippen molar-refractivity contribution < 1.29 is 14.4 Å². The third kappa shape index (κ3) is 11.1. The van der Waals surface area contributed by atoms with Crippen molar-refractivity contribution in [3.8, 4) is 0 Å². The Bertz CT molecular complexity index is 1200. The van der Waals surface area contributed by atoms with E-state index in [1.54, 1.807) is 11.8 Å². The van der Waals surface area contributed by atoms with Crippen LogP contribution in [0.1, 0.15) is 95.9 Å². The van der Waals surface area contributed by atoms with Gasteiger partial charge in [0.05, 0.1) is 6.04 Å². The maximum atomic E-state index is 12.0. The monoisotopic (exact) mass is 559 g/mol. The molecule has 0 bridgehead atoms. The fraction of sp³-hybridized carbons (Fsp3) is 0.486. The molecule has 6 nitrogen and oxygen atoms in total. The molecule has 6 heteroatoms. The van der Waals surface area contributed by atoms with Gasteiger partial charge in [0.1, 0.15) is 0 Å². The number of hydrogen-bond donors (Lipinski definition) is 1. The van der Waals surface area contributed by atoms with Gasteiger partial charge in [-0.3, -0.25) is 19.4 Å². The van der Waals surface area contributed by atoms with Crippen LogP contribution in [0.25, 0.3) is 5.57 Å². The van der Waals surface area contributed by atoms with Gasteiger partial charge in [-0.1, -0.05) is 75.2 Å². The summed E-state index contributed by atoms with van der Waals surface area (Å²) in [4.78, 5) is 41.0. The zero-order chi connectivity index (χ0) is 30.4. The lowest BCUT2D eigenvalue weighted by atomic mass is 10.0. The van der Waals surface area contributed by atoms with Crippen molar-refractivity contribution in [3.63, 3.8) is 0 Å². The summed E-state index contributed by atoms with van der Waals surface area (Å²) in [5.74, 6) is 0.704. The molecule has 1 aliphatic rings. The minimum atomic E-state index is -0.234. The van der Waals surface area contributed by atoms with E-state index in [2.05, 4.69) is 48.4 Å². The van der Waals surface area contributed by atoms with Gasteiger partial charge < -0.3 is 10.2 Å². The minimum Gasteiger partial charge on any atom is -0.352 e. The predicted molar refractivity (Wildman–Crippen MR) is 169 cm³/mol. The van der Waals surface area contributed by atoms with E-state index in [4.69, 9.17) is 0 Å². The number of aliphatic imine (C=N–C) groups is 1. The van der Waals surface area contributed by atoms with Crippen LogP contribution in [-0.2, 0) is 27.5 Å². The molecule has 0 saturated heterocycles. The smallest absolute Gasteiger partial charge is 0.223 e. The first-order valence-electron chi connectivity index (χ1n) is 14.9. The van der Waals surface area contributed by atoms with Crippen molar-refractivity contribution in [2.24, 2.45) is 16.8 Å². The van der Waals surface area contributed by atoms with Gasteiger partial charge in [0.25, 0.3) is 0 Å². The summed E-state index contributed by atoms with van der Waals surface area (Å²) in [6.45, 7) is 14.9. The van der Waals surface area contributed by atoms with Gasteiger partial charge in [-0.05, 0) is 87.6 Å². The molecule has 0 spiro atoms. The molecule has 41 heavy (non-hydrogen) atoms. The molecule has 222 valence electrons. The SMILES string of the molecule is CC(=O)C(C1CC1)N(C=O)Cc1ccccc1C.CC=N/C(C)=C(\C)c1ccc(CNC(=O)C(C)CCCC)cc1. The Hall–Kier alpha value is -3.54. The number of carbonyl (C=O) groups excluding carboxylic acids is 3. The van der Waals surface area contributed by atoms with Crippen molar-refractivity contribution in [3.05, 3.63) is 76.5 Å². The lowest BCUT2D eigenvalue weighted by molar-refractivity contribution is -0.131. The summed E-state index contributed by atoms with van der Waals surface area (Å²) >= 11 is 0. The average Bonchev–Trinajstić information content (AvgIpc) is 3.80. The number of hydrogen-bond acceptors (Lipinski definition) is 4. The summed E-state index contributed by atoms with van der Waals surface area (Å²) in [6, 6.07) is 16.1. The van der Waals surface area contributed by atoms with Crippen molar-refractivity contribution >= 4 is 29.9 Å². The Morgan fingerprint density at radius 1 is 1.07 bits per heavy atom. The van der Waals surface area contributed by atoms with Crippen molar-refractivity contribution in [2.45, 2.75) is 99.7 Å². The number of unbranched alkanes of at least 4 members (excludes halogenated alkanes) is 1. The van der Waals surface area contributed by atoms with Crippen LogP contribution in [0.5, 0.6) is 0 Å². The lowest BCUT2D eigenvalue weighted by Crippen LogP contribution is -2.40. The third-order valence-corrected chi connectivity index (χ3v) is 7.75. The fourth-order valence-corrected chi connectivity index (χ4v) is 4.81. The van der Waals surface area contributed by atoms with Crippen molar-refractivity contribution in [2.75, 3.05) is 0 Å². The summed E-state index contributed by atoms with van der Waals surface area (Å²) < 4.78 is 0. The standard InChI is InChI=1S/C20H30N2O.C15H19NO2/c1-6-8-9-15(3)20(23)22-14-18-10-12-19(13-11-18)16(4)17(5)21-7-2;1-11-5-3-4-6-14(11)9-16(10-17)15(12(2)18)13-7-8-13/h7,10-13,15H,6,8-9,14H2,1-5H3,(H,22,23);3-6,10,13,15H,7-9H2,1-2H3/b17-16+,21-7?;. The lowest BCUT2D eigenvalue weighted by Gasteiger charge is -2.27. The highest BCUT2D eigenvalue weighted by Gasteiger charge is 2.38. The molecular weight excluding hydrogens is 510 g/mol. The normalized spacial score (nSPS) is 14.8. The average molecular weight is 560 g/mol. The Morgan fingerprint density at radius 2 is 1.73 bits per heavy atom. The Labute approximate surface area is 247 Å². The molecular formula is C35H49N3O3. The van der Waals surface area contributed by atoms with Crippen LogP contribution in [-0.4, -0.2) is 35.3 Å². The highest BCUT2D eigenvalue weighted by Crippen LogP contribution is 2.36. The highest BCUT2D eigenvalue weighted by atomic mass is 16.2. The molecule has 1 saturated carbocycles. The van der Waals surface area contributed by atoms with Crippen molar-refractivity contribution in [1.82, 2.24) is 10.2 Å². The zero-order valence-electron chi connectivity index (χ0n) is 26.1. The molecule has 1 aliphatic carbocycles. The predicted octanol–water partition coefficient (Wildman–Crippen LogP) is 7.29. The molecule has 2 atom stereocenters.